The smallest absolute Gasteiger partial charge is 0.356 e. The van der Waals surface area contributed by atoms with Gasteiger partial charge in [0.2, 0.25) is 0 Å². The van der Waals surface area contributed by atoms with E-state index in [4.69, 9.17) is 4.74 Å². The fourth-order valence-electron chi connectivity index (χ4n) is 2.15. The molecule has 1 unspecified atom stereocenters. The number of para-hydroxylation sites is 1. The van der Waals surface area contributed by atoms with Crippen LogP contribution in [0.15, 0.2) is 36.8 Å². The van der Waals surface area contributed by atoms with Crippen LogP contribution in [-0.2, 0) is 4.74 Å². The van der Waals surface area contributed by atoms with Crippen molar-refractivity contribution in [3.05, 3.63) is 48.0 Å². The number of imidazole rings is 1. The van der Waals surface area contributed by atoms with Crippen molar-refractivity contribution in [2.75, 3.05) is 6.61 Å². The molecule has 21 heavy (non-hydrogen) atoms. The number of esters is 1. The van der Waals surface area contributed by atoms with E-state index in [2.05, 4.69) is 4.98 Å². The predicted octanol–water partition coefficient (Wildman–Crippen LogP) is 3.15. The van der Waals surface area contributed by atoms with E-state index in [0.29, 0.717) is 12.3 Å². The number of rotatable bonds is 6. The first kappa shape index (κ1) is 15.1. The lowest BCUT2D eigenvalue weighted by Crippen LogP contribution is -2.16. The zero-order valence-electron chi connectivity index (χ0n) is 12.3. The first-order valence-corrected chi connectivity index (χ1v) is 7.12. The number of unbranched alkanes of at least 4 members (excludes halogenated alkanes) is 1. The molecule has 1 heterocycles. The molecule has 0 amide bonds. The third-order valence-electron chi connectivity index (χ3n) is 3.41. The second-order valence-electron chi connectivity index (χ2n) is 4.91. The number of phenols is 1. The average Bonchev–Trinajstić information content (AvgIpc) is 2.96. The van der Waals surface area contributed by atoms with Gasteiger partial charge in [-0.05, 0) is 19.4 Å². The van der Waals surface area contributed by atoms with Gasteiger partial charge in [0.25, 0.3) is 0 Å². The highest BCUT2D eigenvalue weighted by molar-refractivity contribution is 5.87. The number of hydrogen-bond acceptors (Lipinski definition) is 4. The molecule has 0 aliphatic carbocycles. The standard InChI is InChI=1S/C16H20N2O3/c1-3-4-9-21-16(20)14-10-17-11-18(14)12(2)13-7-5-6-8-15(13)19/h5-8,10-12,19H,3-4,9H2,1-2H3. The minimum absolute atomic E-state index is 0.198. The second kappa shape index (κ2) is 6.92. The molecule has 0 saturated carbocycles. The topological polar surface area (TPSA) is 64.3 Å². The zero-order chi connectivity index (χ0) is 15.2. The van der Waals surface area contributed by atoms with Gasteiger partial charge in [-0.15, -0.1) is 0 Å². The summed E-state index contributed by atoms with van der Waals surface area (Å²) in [4.78, 5) is 16.1. The lowest BCUT2D eigenvalue weighted by molar-refractivity contribution is 0.0486. The van der Waals surface area contributed by atoms with Gasteiger partial charge < -0.3 is 14.4 Å². The van der Waals surface area contributed by atoms with Crippen molar-refractivity contribution in [1.82, 2.24) is 9.55 Å². The summed E-state index contributed by atoms with van der Waals surface area (Å²) < 4.78 is 6.93. The first-order valence-electron chi connectivity index (χ1n) is 7.12. The molecule has 0 aliphatic heterocycles. The Morgan fingerprint density at radius 1 is 1.43 bits per heavy atom. The Morgan fingerprint density at radius 2 is 2.19 bits per heavy atom. The summed E-state index contributed by atoms with van der Waals surface area (Å²) in [5.74, 6) is -0.188. The van der Waals surface area contributed by atoms with Gasteiger partial charge in [0.15, 0.2) is 0 Å². The molecule has 0 saturated heterocycles. The molecule has 2 aromatic rings. The molecule has 2 rings (SSSR count). The fourth-order valence-corrected chi connectivity index (χ4v) is 2.15. The minimum atomic E-state index is -0.386. The van der Waals surface area contributed by atoms with Crippen molar-refractivity contribution in [2.24, 2.45) is 0 Å². The van der Waals surface area contributed by atoms with Gasteiger partial charge in [0.05, 0.1) is 25.2 Å². The Morgan fingerprint density at radius 3 is 2.90 bits per heavy atom. The number of carbonyl (C=O) groups is 1. The maximum atomic E-state index is 12.1. The quantitative estimate of drug-likeness (QED) is 0.655. The molecule has 5 nitrogen and oxygen atoms in total. The molecule has 0 fully saturated rings. The van der Waals surface area contributed by atoms with Gasteiger partial charge in [0, 0.05) is 5.56 Å². The van der Waals surface area contributed by atoms with Crippen LogP contribution in [0.3, 0.4) is 0 Å². The molecule has 0 aliphatic rings. The van der Waals surface area contributed by atoms with E-state index in [-0.39, 0.29) is 17.8 Å². The van der Waals surface area contributed by atoms with E-state index in [9.17, 15) is 9.90 Å². The number of aromatic nitrogens is 2. The molecule has 0 radical (unpaired) electrons. The molecule has 0 bridgehead atoms. The van der Waals surface area contributed by atoms with E-state index >= 15 is 0 Å². The second-order valence-corrected chi connectivity index (χ2v) is 4.91. The summed E-state index contributed by atoms with van der Waals surface area (Å²) in [6, 6.07) is 6.86. The third kappa shape index (κ3) is 3.42. The van der Waals surface area contributed by atoms with Crippen LogP contribution in [0.5, 0.6) is 5.75 Å². The number of benzene rings is 1. The Bertz CT molecular complexity index is 607. The number of carbonyl (C=O) groups excluding carboxylic acids is 1. The lowest BCUT2D eigenvalue weighted by atomic mass is 10.1. The van der Waals surface area contributed by atoms with Gasteiger partial charge in [-0.25, -0.2) is 9.78 Å². The summed E-state index contributed by atoms with van der Waals surface area (Å²) in [6.07, 6.45) is 4.88. The predicted molar refractivity (Wildman–Crippen MR) is 79.3 cm³/mol. The molecule has 112 valence electrons. The number of phenolic OH excluding ortho intramolecular Hbond substituents is 1. The molecule has 1 atom stereocenters. The summed E-state index contributed by atoms with van der Waals surface area (Å²) in [5.41, 5.74) is 1.12. The van der Waals surface area contributed by atoms with Gasteiger partial charge in [-0.3, -0.25) is 0 Å². The van der Waals surface area contributed by atoms with Crippen LogP contribution in [-0.4, -0.2) is 27.2 Å². The van der Waals surface area contributed by atoms with Crippen LogP contribution >= 0.6 is 0 Å². The first-order chi connectivity index (χ1) is 10.1. The van der Waals surface area contributed by atoms with Gasteiger partial charge in [-0.1, -0.05) is 31.5 Å². The number of nitrogens with zero attached hydrogens (tertiary/aromatic N) is 2. The Labute approximate surface area is 124 Å². The molecular weight excluding hydrogens is 268 g/mol. The summed E-state index contributed by atoms with van der Waals surface area (Å²) in [6.45, 7) is 4.35. The SMILES string of the molecule is CCCCOC(=O)c1cncn1C(C)c1ccccc1O. The van der Waals surface area contributed by atoms with Crippen molar-refractivity contribution in [1.29, 1.82) is 0 Å². The maximum absolute atomic E-state index is 12.1. The van der Waals surface area contributed by atoms with Crippen LogP contribution in [0, 0.1) is 0 Å². The van der Waals surface area contributed by atoms with Crippen LogP contribution in [0.4, 0.5) is 0 Å². The number of ether oxygens (including phenoxy) is 1. The maximum Gasteiger partial charge on any atom is 0.356 e. The van der Waals surface area contributed by atoms with Crippen molar-refractivity contribution < 1.29 is 14.6 Å². The van der Waals surface area contributed by atoms with Crippen molar-refractivity contribution in [3.63, 3.8) is 0 Å². The van der Waals surface area contributed by atoms with Crippen molar-refractivity contribution >= 4 is 5.97 Å². The van der Waals surface area contributed by atoms with Crippen LogP contribution in [0.1, 0.15) is 48.8 Å². The Balaban J connectivity index is 2.20. The van der Waals surface area contributed by atoms with Gasteiger partial charge in [0.1, 0.15) is 11.4 Å². The van der Waals surface area contributed by atoms with Gasteiger partial charge >= 0.3 is 5.97 Å². The average molecular weight is 288 g/mol. The molecule has 1 aromatic carbocycles. The van der Waals surface area contributed by atoms with E-state index in [1.807, 2.05) is 26.0 Å². The van der Waals surface area contributed by atoms with Gasteiger partial charge in [-0.2, -0.15) is 0 Å². The normalized spacial score (nSPS) is 12.1. The summed E-state index contributed by atoms with van der Waals surface area (Å²) in [5, 5.41) is 9.93. The van der Waals surface area contributed by atoms with E-state index < -0.39 is 0 Å². The Hall–Kier alpha value is -2.30. The van der Waals surface area contributed by atoms with Crippen LogP contribution in [0.25, 0.3) is 0 Å². The number of hydrogen-bond donors (Lipinski definition) is 1. The van der Waals surface area contributed by atoms with E-state index in [1.165, 1.54) is 6.20 Å². The summed E-state index contributed by atoms with van der Waals surface area (Å²) in [7, 11) is 0. The number of aromatic hydroxyl groups is 1. The summed E-state index contributed by atoms with van der Waals surface area (Å²) >= 11 is 0. The highest BCUT2D eigenvalue weighted by atomic mass is 16.5. The van der Waals surface area contributed by atoms with Crippen molar-refractivity contribution in [2.45, 2.75) is 32.7 Å². The lowest BCUT2D eigenvalue weighted by Gasteiger charge is -2.17. The van der Waals surface area contributed by atoms with Crippen LogP contribution < -0.4 is 0 Å². The fraction of sp³-hybridized carbons (Fsp3) is 0.375. The molecule has 1 aromatic heterocycles. The van der Waals surface area contributed by atoms with Crippen molar-refractivity contribution in [3.8, 4) is 5.75 Å². The zero-order valence-corrected chi connectivity index (χ0v) is 12.3. The highest BCUT2D eigenvalue weighted by Gasteiger charge is 2.19. The third-order valence-corrected chi connectivity index (χ3v) is 3.41. The monoisotopic (exact) mass is 288 g/mol. The highest BCUT2D eigenvalue weighted by Crippen LogP contribution is 2.27. The van der Waals surface area contributed by atoms with Crippen LogP contribution in [0.2, 0.25) is 0 Å². The molecule has 1 N–H and O–H groups in total. The largest absolute Gasteiger partial charge is 0.508 e. The molecular formula is C16H20N2O3. The molecule has 0 spiro atoms. The minimum Gasteiger partial charge on any atom is -0.508 e. The van der Waals surface area contributed by atoms with E-state index in [0.717, 1.165) is 18.4 Å². The Kier molecular flexibility index (Phi) is 4.98. The van der Waals surface area contributed by atoms with E-state index in [1.54, 1.807) is 23.0 Å². The molecule has 5 heteroatoms.